The number of amides is 1. The molecule has 3 N–H and O–H groups in total. The molecule has 4 heterocycles. The van der Waals surface area contributed by atoms with Crippen LogP contribution in [0.4, 0.5) is 10.1 Å². The van der Waals surface area contributed by atoms with Gasteiger partial charge in [-0.25, -0.2) is 14.1 Å². The molecule has 2 fully saturated rings. The zero-order valence-corrected chi connectivity index (χ0v) is 18.3. The van der Waals surface area contributed by atoms with Crippen molar-refractivity contribution in [1.82, 2.24) is 19.7 Å². The van der Waals surface area contributed by atoms with Crippen LogP contribution in [0.15, 0.2) is 18.3 Å². The first-order valence-corrected chi connectivity index (χ1v) is 11.5. The summed E-state index contributed by atoms with van der Waals surface area (Å²) < 4.78 is 27.3. The SMILES string of the molecule is O=C(Nc1cn(C2CCCCO2)nc1-c1nc2cc(F)c(CCO)cc2[nH]1)C1CCOCC1. The number of rotatable bonds is 6. The second-order valence-electron chi connectivity index (χ2n) is 8.59. The Morgan fingerprint density at radius 3 is 2.85 bits per heavy atom. The molecule has 176 valence electrons. The maximum atomic E-state index is 14.4. The van der Waals surface area contributed by atoms with Crippen molar-refractivity contribution in [2.24, 2.45) is 5.92 Å². The highest BCUT2D eigenvalue weighted by atomic mass is 19.1. The zero-order chi connectivity index (χ0) is 22.8. The summed E-state index contributed by atoms with van der Waals surface area (Å²) in [6.07, 6.45) is 6.06. The molecule has 2 aromatic heterocycles. The minimum absolute atomic E-state index is 0.0731. The third-order valence-electron chi connectivity index (χ3n) is 6.29. The lowest BCUT2D eigenvalue weighted by Gasteiger charge is -2.22. The summed E-state index contributed by atoms with van der Waals surface area (Å²) in [5.74, 6) is -0.172. The Morgan fingerprint density at radius 1 is 1.24 bits per heavy atom. The number of carbonyl (C=O) groups is 1. The Morgan fingerprint density at radius 2 is 2.09 bits per heavy atom. The Bertz CT molecular complexity index is 1130. The molecule has 0 bridgehead atoms. The van der Waals surface area contributed by atoms with E-state index in [1.807, 2.05) is 0 Å². The lowest BCUT2D eigenvalue weighted by molar-refractivity contribution is -0.122. The van der Waals surface area contributed by atoms with Gasteiger partial charge in [-0.3, -0.25) is 4.79 Å². The zero-order valence-electron chi connectivity index (χ0n) is 18.3. The molecule has 10 heteroatoms. The van der Waals surface area contributed by atoms with Crippen LogP contribution < -0.4 is 5.32 Å². The van der Waals surface area contributed by atoms with Crippen molar-refractivity contribution < 1.29 is 23.8 Å². The molecular weight excluding hydrogens is 429 g/mol. The van der Waals surface area contributed by atoms with E-state index in [-0.39, 0.29) is 31.1 Å². The van der Waals surface area contributed by atoms with Crippen LogP contribution in [-0.2, 0) is 20.7 Å². The van der Waals surface area contributed by atoms with E-state index in [0.29, 0.717) is 66.5 Å². The van der Waals surface area contributed by atoms with Gasteiger partial charge in [0, 0.05) is 38.4 Å². The van der Waals surface area contributed by atoms with Gasteiger partial charge in [0.1, 0.15) is 12.0 Å². The fourth-order valence-corrected chi connectivity index (χ4v) is 4.43. The molecule has 3 aromatic rings. The molecule has 0 radical (unpaired) electrons. The molecule has 5 rings (SSSR count). The lowest BCUT2D eigenvalue weighted by Crippen LogP contribution is -2.28. The summed E-state index contributed by atoms with van der Waals surface area (Å²) in [5, 5.41) is 16.9. The van der Waals surface area contributed by atoms with Gasteiger partial charge < -0.3 is 24.9 Å². The monoisotopic (exact) mass is 457 g/mol. The molecule has 1 amide bonds. The number of hydrogen-bond donors (Lipinski definition) is 3. The number of carbonyl (C=O) groups excluding carboxylic acids is 1. The molecule has 1 atom stereocenters. The molecule has 33 heavy (non-hydrogen) atoms. The van der Waals surface area contributed by atoms with Crippen molar-refractivity contribution in [3.8, 4) is 11.5 Å². The average Bonchev–Trinajstić information content (AvgIpc) is 3.44. The second kappa shape index (κ2) is 9.58. The molecule has 2 aliphatic heterocycles. The van der Waals surface area contributed by atoms with Gasteiger partial charge in [0.15, 0.2) is 11.5 Å². The third kappa shape index (κ3) is 4.64. The van der Waals surface area contributed by atoms with Gasteiger partial charge in [-0.2, -0.15) is 5.10 Å². The van der Waals surface area contributed by atoms with Crippen molar-refractivity contribution in [2.75, 3.05) is 31.7 Å². The first kappa shape index (κ1) is 22.0. The van der Waals surface area contributed by atoms with Crippen LogP contribution in [0.3, 0.4) is 0 Å². The number of fused-ring (bicyclic) bond motifs is 1. The number of nitrogens with zero attached hydrogens (tertiary/aromatic N) is 3. The van der Waals surface area contributed by atoms with Crippen LogP contribution in [0.25, 0.3) is 22.6 Å². The first-order valence-electron chi connectivity index (χ1n) is 11.5. The van der Waals surface area contributed by atoms with E-state index in [4.69, 9.17) is 14.6 Å². The number of benzene rings is 1. The van der Waals surface area contributed by atoms with Gasteiger partial charge in [-0.05, 0) is 50.2 Å². The highest BCUT2D eigenvalue weighted by Crippen LogP contribution is 2.32. The molecule has 0 saturated carbocycles. The van der Waals surface area contributed by atoms with Crippen LogP contribution in [0.5, 0.6) is 0 Å². The van der Waals surface area contributed by atoms with Crippen molar-refractivity contribution >= 4 is 22.6 Å². The largest absolute Gasteiger partial charge is 0.396 e. The van der Waals surface area contributed by atoms with Crippen LogP contribution in [0.2, 0.25) is 0 Å². The van der Waals surface area contributed by atoms with Gasteiger partial charge in [0.2, 0.25) is 5.91 Å². The smallest absolute Gasteiger partial charge is 0.227 e. The summed E-state index contributed by atoms with van der Waals surface area (Å²) in [6.45, 7) is 1.68. The second-order valence-corrected chi connectivity index (χ2v) is 8.59. The highest BCUT2D eigenvalue weighted by molar-refractivity contribution is 5.96. The van der Waals surface area contributed by atoms with Crippen molar-refractivity contribution in [3.05, 3.63) is 29.7 Å². The van der Waals surface area contributed by atoms with E-state index in [9.17, 15) is 14.3 Å². The van der Waals surface area contributed by atoms with Crippen molar-refractivity contribution in [2.45, 2.75) is 44.8 Å². The summed E-state index contributed by atoms with van der Waals surface area (Å²) in [6, 6.07) is 3.00. The predicted octanol–water partition coefficient (Wildman–Crippen LogP) is 3.16. The Labute approximate surface area is 190 Å². The maximum absolute atomic E-state index is 14.4. The third-order valence-corrected chi connectivity index (χ3v) is 6.29. The van der Waals surface area contributed by atoms with E-state index in [1.54, 1.807) is 16.9 Å². The number of aromatic amines is 1. The summed E-state index contributed by atoms with van der Waals surface area (Å²) in [7, 11) is 0. The molecule has 2 saturated heterocycles. The molecule has 0 aliphatic carbocycles. The van der Waals surface area contributed by atoms with E-state index in [1.165, 1.54) is 6.07 Å². The Hall–Kier alpha value is -2.82. The summed E-state index contributed by atoms with van der Waals surface area (Å²) in [5.41, 5.74) is 2.52. The minimum atomic E-state index is -0.413. The van der Waals surface area contributed by atoms with E-state index >= 15 is 0 Å². The molecule has 2 aliphatic rings. The van der Waals surface area contributed by atoms with E-state index in [2.05, 4.69) is 15.3 Å². The average molecular weight is 458 g/mol. The Kier molecular flexibility index (Phi) is 6.39. The molecule has 9 nitrogen and oxygen atoms in total. The number of aliphatic hydroxyl groups is 1. The van der Waals surface area contributed by atoms with Gasteiger partial charge >= 0.3 is 0 Å². The van der Waals surface area contributed by atoms with Gasteiger partial charge in [0.05, 0.1) is 22.9 Å². The van der Waals surface area contributed by atoms with Crippen LogP contribution in [0, 0.1) is 11.7 Å². The lowest BCUT2D eigenvalue weighted by atomic mass is 9.99. The Balaban J connectivity index is 1.50. The predicted molar refractivity (Wildman–Crippen MR) is 119 cm³/mol. The minimum Gasteiger partial charge on any atom is -0.396 e. The van der Waals surface area contributed by atoms with Crippen LogP contribution in [-0.4, -0.2) is 57.2 Å². The number of imidazole rings is 1. The quantitative estimate of drug-likeness (QED) is 0.524. The normalized spacial score (nSPS) is 19.8. The number of aromatic nitrogens is 4. The van der Waals surface area contributed by atoms with E-state index in [0.717, 1.165) is 19.3 Å². The standard InChI is InChI=1S/C23H28FN5O4/c24-16-12-18-17(11-15(16)4-7-30)25-22(26-18)21-19(27-23(31)14-5-9-32-10-6-14)13-29(28-21)20-3-1-2-8-33-20/h11-14,20,30H,1-10H2,(H,25,26)(H,27,31). The number of hydrogen-bond acceptors (Lipinski definition) is 6. The fourth-order valence-electron chi connectivity index (χ4n) is 4.43. The topological polar surface area (TPSA) is 114 Å². The van der Waals surface area contributed by atoms with Gasteiger partial charge in [-0.1, -0.05) is 0 Å². The summed E-state index contributed by atoms with van der Waals surface area (Å²) >= 11 is 0. The summed E-state index contributed by atoms with van der Waals surface area (Å²) in [4.78, 5) is 20.7. The highest BCUT2D eigenvalue weighted by Gasteiger charge is 2.26. The molecule has 0 spiro atoms. The van der Waals surface area contributed by atoms with Crippen LogP contribution in [0.1, 0.15) is 43.9 Å². The number of H-pyrrole nitrogens is 1. The number of nitrogens with one attached hydrogen (secondary N) is 2. The number of ether oxygens (including phenoxy) is 2. The number of halogens is 1. The first-order chi connectivity index (χ1) is 16.1. The number of anilines is 1. The van der Waals surface area contributed by atoms with E-state index < -0.39 is 5.82 Å². The number of aliphatic hydroxyl groups excluding tert-OH is 1. The molecule has 1 unspecified atom stereocenters. The maximum Gasteiger partial charge on any atom is 0.227 e. The van der Waals surface area contributed by atoms with Crippen molar-refractivity contribution in [1.29, 1.82) is 0 Å². The van der Waals surface area contributed by atoms with Gasteiger partial charge in [0.25, 0.3) is 0 Å². The van der Waals surface area contributed by atoms with Crippen LogP contribution >= 0.6 is 0 Å². The molecule has 1 aromatic carbocycles. The molecular formula is C23H28FN5O4. The van der Waals surface area contributed by atoms with Crippen molar-refractivity contribution in [3.63, 3.8) is 0 Å². The fraction of sp³-hybridized carbons (Fsp3) is 0.522. The van der Waals surface area contributed by atoms with Gasteiger partial charge in [-0.15, -0.1) is 0 Å².